The van der Waals surface area contributed by atoms with E-state index >= 15 is 0 Å². The average Bonchev–Trinajstić information content (AvgIpc) is 2.67. The summed E-state index contributed by atoms with van der Waals surface area (Å²) in [6, 6.07) is 5.33. The number of hydrogen-bond acceptors (Lipinski definition) is 5. The Kier molecular flexibility index (Phi) is 3.57. The summed E-state index contributed by atoms with van der Waals surface area (Å²) in [7, 11) is 3.06. The minimum absolute atomic E-state index is 0.339. The van der Waals surface area contributed by atoms with Crippen LogP contribution < -0.4 is 14.8 Å². The molecule has 2 amide bonds. The van der Waals surface area contributed by atoms with Crippen LogP contribution in [0.5, 0.6) is 11.5 Å². The van der Waals surface area contributed by atoms with Gasteiger partial charge in [-0.3, -0.25) is 14.9 Å². The molecule has 6 heteroatoms. The Balaban J connectivity index is 2.43. The first-order valence-electron chi connectivity index (χ1n) is 5.11. The van der Waals surface area contributed by atoms with Gasteiger partial charge in [-0.1, -0.05) is 12.1 Å². The number of benzene rings is 1. The van der Waals surface area contributed by atoms with Crippen molar-refractivity contribution in [1.29, 1.82) is 0 Å². The fraction of sp³-hybridized carbons (Fsp3) is 0.167. The van der Waals surface area contributed by atoms with Crippen molar-refractivity contribution in [3.8, 4) is 11.5 Å². The fourth-order valence-corrected chi connectivity index (χ4v) is 2.26. The molecule has 18 heavy (non-hydrogen) atoms. The van der Waals surface area contributed by atoms with E-state index in [4.69, 9.17) is 9.47 Å². The maximum absolute atomic E-state index is 11.5. The van der Waals surface area contributed by atoms with E-state index in [1.807, 2.05) is 0 Å². The molecule has 1 aromatic rings. The third-order valence-electron chi connectivity index (χ3n) is 2.36. The monoisotopic (exact) mass is 265 g/mol. The van der Waals surface area contributed by atoms with Crippen LogP contribution in [-0.2, 0) is 4.79 Å². The van der Waals surface area contributed by atoms with Gasteiger partial charge in [-0.25, -0.2) is 0 Å². The molecule has 1 heterocycles. The molecule has 2 rings (SSSR count). The number of nitrogens with one attached hydrogen (secondary N) is 1. The highest BCUT2D eigenvalue weighted by Gasteiger charge is 2.25. The number of imide groups is 1. The van der Waals surface area contributed by atoms with Crippen LogP contribution in [0, 0.1) is 0 Å². The predicted octanol–water partition coefficient (Wildman–Crippen LogP) is 2.03. The van der Waals surface area contributed by atoms with Gasteiger partial charge in [0, 0.05) is 5.56 Å². The van der Waals surface area contributed by atoms with Gasteiger partial charge in [0.25, 0.3) is 11.1 Å². The first kappa shape index (κ1) is 12.5. The first-order valence-corrected chi connectivity index (χ1v) is 5.93. The van der Waals surface area contributed by atoms with Crippen LogP contribution in [0.1, 0.15) is 5.56 Å². The van der Waals surface area contributed by atoms with Crippen LogP contribution in [0.15, 0.2) is 23.1 Å². The van der Waals surface area contributed by atoms with Crippen molar-refractivity contribution in [2.24, 2.45) is 0 Å². The molecule has 1 N–H and O–H groups in total. The number of methoxy groups -OCH3 is 2. The Labute approximate surface area is 108 Å². The van der Waals surface area contributed by atoms with Crippen LogP contribution in [-0.4, -0.2) is 25.4 Å². The van der Waals surface area contributed by atoms with Crippen LogP contribution >= 0.6 is 11.8 Å². The van der Waals surface area contributed by atoms with Crippen LogP contribution in [0.25, 0.3) is 6.08 Å². The third kappa shape index (κ3) is 2.33. The summed E-state index contributed by atoms with van der Waals surface area (Å²) in [5.41, 5.74) is 0.684. The maximum atomic E-state index is 11.5. The van der Waals surface area contributed by atoms with E-state index in [1.54, 1.807) is 24.3 Å². The van der Waals surface area contributed by atoms with Crippen molar-refractivity contribution in [1.82, 2.24) is 5.32 Å². The Bertz CT molecular complexity index is 539. The molecule has 0 atom stereocenters. The molecular formula is C12H11NO4S. The molecule has 5 nitrogen and oxygen atoms in total. The number of ether oxygens (including phenoxy) is 2. The summed E-state index contributed by atoms with van der Waals surface area (Å²) in [5, 5.41) is 1.83. The molecule has 0 aromatic heterocycles. The van der Waals surface area contributed by atoms with Gasteiger partial charge >= 0.3 is 0 Å². The highest BCUT2D eigenvalue weighted by Crippen LogP contribution is 2.34. The molecule has 94 valence electrons. The largest absolute Gasteiger partial charge is 0.493 e. The van der Waals surface area contributed by atoms with Crippen molar-refractivity contribution in [3.63, 3.8) is 0 Å². The van der Waals surface area contributed by atoms with Gasteiger partial charge in [0.2, 0.25) is 0 Å². The van der Waals surface area contributed by atoms with E-state index in [9.17, 15) is 9.59 Å². The van der Waals surface area contributed by atoms with Gasteiger partial charge in [0.15, 0.2) is 11.5 Å². The van der Waals surface area contributed by atoms with Crippen LogP contribution in [0.4, 0.5) is 4.79 Å². The lowest BCUT2D eigenvalue weighted by molar-refractivity contribution is -0.115. The van der Waals surface area contributed by atoms with Gasteiger partial charge < -0.3 is 9.47 Å². The van der Waals surface area contributed by atoms with Crippen molar-refractivity contribution in [3.05, 3.63) is 28.7 Å². The number of carbonyl (C=O) groups is 2. The molecule has 0 bridgehead atoms. The Morgan fingerprint density at radius 2 is 2.00 bits per heavy atom. The molecule has 1 aromatic carbocycles. The number of amides is 2. The fourth-order valence-electron chi connectivity index (χ4n) is 1.59. The average molecular weight is 265 g/mol. The highest BCUT2D eigenvalue weighted by molar-refractivity contribution is 8.18. The Morgan fingerprint density at radius 1 is 1.22 bits per heavy atom. The predicted molar refractivity (Wildman–Crippen MR) is 68.7 cm³/mol. The second-order valence-electron chi connectivity index (χ2n) is 3.43. The van der Waals surface area contributed by atoms with Crippen molar-refractivity contribution in [2.45, 2.75) is 0 Å². The first-order chi connectivity index (χ1) is 8.65. The maximum Gasteiger partial charge on any atom is 0.290 e. The summed E-state index contributed by atoms with van der Waals surface area (Å²) in [6.45, 7) is 0. The van der Waals surface area contributed by atoms with Gasteiger partial charge in [0.1, 0.15) is 0 Å². The molecular weight excluding hydrogens is 254 g/mol. The van der Waals surface area contributed by atoms with Gasteiger partial charge in [-0.2, -0.15) is 0 Å². The van der Waals surface area contributed by atoms with Crippen molar-refractivity contribution in [2.75, 3.05) is 14.2 Å². The Hall–Kier alpha value is -1.95. The van der Waals surface area contributed by atoms with Crippen molar-refractivity contribution < 1.29 is 19.1 Å². The van der Waals surface area contributed by atoms with E-state index in [2.05, 4.69) is 5.32 Å². The molecule has 1 saturated heterocycles. The van der Waals surface area contributed by atoms with E-state index in [0.717, 1.165) is 11.8 Å². The number of thioether (sulfide) groups is 1. The van der Waals surface area contributed by atoms with Gasteiger partial charge in [0.05, 0.1) is 19.1 Å². The molecule has 0 unspecified atom stereocenters. The lowest BCUT2D eigenvalue weighted by Gasteiger charge is -2.10. The Morgan fingerprint density at radius 3 is 2.56 bits per heavy atom. The second-order valence-corrected chi connectivity index (χ2v) is 4.45. The molecule has 0 spiro atoms. The van der Waals surface area contributed by atoms with Crippen LogP contribution in [0.3, 0.4) is 0 Å². The number of para-hydroxylation sites is 1. The van der Waals surface area contributed by atoms with E-state index < -0.39 is 5.91 Å². The molecule has 0 saturated carbocycles. The quantitative estimate of drug-likeness (QED) is 0.847. The minimum atomic E-state index is -0.394. The standard InChI is InChI=1S/C12H11NO4S/c1-16-8-5-3-4-7(10(8)17-2)6-9-11(14)13-12(15)18-9/h3-6H,1-2H3,(H,13,14,15)/b9-6+. The van der Waals surface area contributed by atoms with Crippen LogP contribution in [0.2, 0.25) is 0 Å². The van der Waals surface area contributed by atoms with Gasteiger partial charge in [-0.05, 0) is 23.9 Å². The van der Waals surface area contributed by atoms with E-state index in [0.29, 0.717) is 22.0 Å². The second kappa shape index (κ2) is 5.14. The SMILES string of the molecule is COc1cccc(/C=C2/SC(=O)NC2=O)c1OC. The van der Waals surface area contributed by atoms with Gasteiger partial charge in [-0.15, -0.1) is 0 Å². The van der Waals surface area contributed by atoms with E-state index in [-0.39, 0.29) is 5.24 Å². The summed E-state index contributed by atoms with van der Waals surface area (Å²) < 4.78 is 10.4. The molecule has 0 aliphatic carbocycles. The zero-order valence-electron chi connectivity index (χ0n) is 9.85. The minimum Gasteiger partial charge on any atom is -0.493 e. The smallest absolute Gasteiger partial charge is 0.290 e. The summed E-state index contributed by atoms with van der Waals surface area (Å²) in [4.78, 5) is 22.9. The molecule has 1 aliphatic rings. The molecule has 0 radical (unpaired) electrons. The third-order valence-corrected chi connectivity index (χ3v) is 3.17. The lowest BCUT2D eigenvalue weighted by atomic mass is 10.1. The highest BCUT2D eigenvalue weighted by atomic mass is 32.2. The molecule has 1 aliphatic heterocycles. The summed E-state index contributed by atoms with van der Waals surface area (Å²) >= 11 is 0.866. The molecule has 1 fully saturated rings. The topological polar surface area (TPSA) is 64.6 Å². The zero-order chi connectivity index (χ0) is 13.1. The number of rotatable bonds is 3. The zero-order valence-corrected chi connectivity index (χ0v) is 10.7. The lowest BCUT2D eigenvalue weighted by Crippen LogP contribution is -2.17. The normalized spacial score (nSPS) is 16.9. The number of carbonyl (C=O) groups excluding carboxylic acids is 2. The number of hydrogen-bond donors (Lipinski definition) is 1. The van der Waals surface area contributed by atoms with E-state index in [1.165, 1.54) is 14.2 Å². The summed E-state index contributed by atoms with van der Waals surface area (Å²) in [6.07, 6.45) is 1.60. The summed E-state index contributed by atoms with van der Waals surface area (Å²) in [5.74, 6) is 0.705. The van der Waals surface area contributed by atoms with Crippen molar-refractivity contribution >= 4 is 29.0 Å².